The highest BCUT2D eigenvalue weighted by Crippen LogP contribution is 2.28. The SMILES string of the molecule is CC(=O)Nc1ccc(-c2csc(NC(=O)CCc3c(C)[nH]c(=O)[nH]c3=O)n2)c(F)c1. The third-order valence-electron chi connectivity index (χ3n) is 4.17. The summed E-state index contributed by atoms with van der Waals surface area (Å²) in [5.41, 5.74) is 0.515. The number of hydrogen-bond acceptors (Lipinski definition) is 6. The van der Waals surface area contributed by atoms with Crippen molar-refractivity contribution in [1.82, 2.24) is 15.0 Å². The topological polar surface area (TPSA) is 137 Å². The second-order valence-electron chi connectivity index (χ2n) is 6.47. The molecule has 0 saturated heterocycles. The summed E-state index contributed by atoms with van der Waals surface area (Å²) >= 11 is 1.13. The number of carbonyl (C=O) groups is 2. The maximum atomic E-state index is 14.3. The van der Waals surface area contributed by atoms with Crippen LogP contribution >= 0.6 is 11.3 Å². The molecule has 0 aliphatic carbocycles. The van der Waals surface area contributed by atoms with Gasteiger partial charge in [-0.15, -0.1) is 11.3 Å². The van der Waals surface area contributed by atoms with E-state index < -0.39 is 17.1 Å². The molecule has 2 aromatic heterocycles. The number of aryl methyl sites for hydroxylation is 1. The number of hydrogen-bond donors (Lipinski definition) is 4. The van der Waals surface area contributed by atoms with E-state index >= 15 is 0 Å². The average molecular weight is 431 g/mol. The van der Waals surface area contributed by atoms with E-state index in [4.69, 9.17) is 0 Å². The van der Waals surface area contributed by atoms with Crippen molar-refractivity contribution in [2.24, 2.45) is 0 Å². The van der Waals surface area contributed by atoms with Gasteiger partial charge in [-0.3, -0.25) is 19.4 Å². The van der Waals surface area contributed by atoms with E-state index in [9.17, 15) is 23.6 Å². The van der Waals surface area contributed by atoms with E-state index in [0.29, 0.717) is 22.6 Å². The minimum Gasteiger partial charge on any atom is -0.326 e. The standard InChI is InChI=1S/C19H18FN5O4S/c1-9-12(17(28)25-18(29)21-9)5-6-16(27)24-19-23-15(8-30-19)13-4-3-11(7-14(13)20)22-10(2)26/h3-4,7-8H,5-6H2,1-2H3,(H,22,26)(H,23,24,27)(H2,21,25,28,29). The summed E-state index contributed by atoms with van der Waals surface area (Å²) in [6.45, 7) is 2.92. The van der Waals surface area contributed by atoms with Gasteiger partial charge in [-0.25, -0.2) is 14.2 Å². The van der Waals surface area contributed by atoms with Gasteiger partial charge in [0, 0.05) is 41.2 Å². The van der Waals surface area contributed by atoms with Gasteiger partial charge in [0.2, 0.25) is 11.8 Å². The van der Waals surface area contributed by atoms with E-state index in [1.54, 1.807) is 18.4 Å². The van der Waals surface area contributed by atoms with Crippen LogP contribution in [0.3, 0.4) is 0 Å². The number of anilines is 2. The number of benzene rings is 1. The Morgan fingerprint density at radius 2 is 1.97 bits per heavy atom. The van der Waals surface area contributed by atoms with Crippen LogP contribution in [0.2, 0.25) is 0 Å². The van der Waals surface area contributed by atoms with Crippen LogP contribution in [0.1, 0.15) is 24.6 Å². The molecule has 0 unspecified atom stereocenters. The molecule has 11 heteroatoms. The maximum Gasteiger partial charge on any atom is 0.325 e. The zero-order valence-corrected chi connectivity index (χ0v) is 16.9. The first kappa shape index (κ1) is 21.1. The number of aromatic amines is 2. The zero-order valence-electron chi connectivity index (χ0n) is 16.1. The number of carbonyl (C=O) groups excluding carboxylic acids is 2. The molecular formula is C19H18FN5O4S. The van der Waals surface area contributed by atoms with E-state index in [1.165, 1.54) is 19.1 Å². The molecule has 0 fully saturated rings. The summed E-state index contributed by atoms with van der Waals surface area (Å²) < 4.78 is 14.3. The van der Waals surface area contributed by atoms with E-state index in [1.807, 2.05) is 0 Å². The van der Waals surface area contributed by atoms with Crippen LogP contribution in [-0.2, 0) is 16.0 Å². The van der Waals surface area contributed by atoms with Crippen molar-refractivity contribution >= 4 is 34.0 Å². The fourth-order valence-corrected chi connectivity index (χ4v) is 3.53. The second kappa shape index (κ2) is 8.82. The summed E-state index contributed by atoms with van der Waals surface area (Å²) in [5.74, 6) is -1.24. The zero-order chi connectivity index (χ0) is 21.8. The predicted molar refractivity (Wildman–Crippen MR) is 111 cm³/mol. The van der Waals surface area contributed by atoms with Crippen molar-refractivity contribution in [3.05, 3.63) is 61.5 Å². The monoisotopic (exact) mass is 431 g/mol. The van der Waals surface area contributed by atoms with Crippen molar-refractivity contribution < 1.29 is 14.0 Å². The molecule has 2 heterocycles. The predicted octanol–water partition coefficient (Wildman–Crippen LogP) is 2.16. The lowest BCUT2D eigenvalue weighted by atomic mass is 10.1. The summed E-state index contributed by atoms with van der Waals surface area (Å²) in [6.07, 6.45) is 0.145. The highest BCUT2D eigenvalue weighted by atomic mass is 32.1. The van der Waals surface area contributed by atoms with E-state index in [0.717, 1.165) is 11.3 Å². The van der Waals surface area contributed by atoms with Crippen molar-refractivity contribution in [3.63, 3.8) is 0 Å². The third kappa shape index (κ3) is 5.06. The lowest BCUT2D eigenvalue weighted by Crippen LogP contribution is -2.27. The fourth-order valence-electron chi connectivity index (χ4n) is 2.81. The smallest absolute Gasteiger partial charge is 0.325 e. The molecular weight excluding hydrogens is 413 g/mol. The molecule has 4 N–H and O–H groups in total. The van der Waals surface area contributed by atoms with Gasteiger partial charge < -0.3 is 15.6 Å². The fraction of sp³-hybridized carbons (Fsp3) is 0.211. The lowest BCUT2D eigenvalue weighted by molar-refractivity contribution is -0.116. The van der Waals surface area contributed by atoms with Crippen molar-refractivity contribution in [2.45, 2.75) is 26.7 Å². The molecule has 156 valence electrons. The van der Waals surface area contributed by atoms with Crippen LogP contribution in [0.4, 0.5) is 15.2 Å². The van der Waals surface area contributed by atoms with Gasteiger partial charge in [0.05, 0.1) is 5.69 Å². The van der Waals surface area contributed by atoms with Gasteiger partial charge >= 0.3 is 5.69 Å². The molecule has 0 aliphatic heterocycles. The van der Waals surface area contributed by atoms with Gasteiger partial charge in [0.15, 0.2) is 5.13 Å². The van der Waals surface area contributed by atoms with E-state index in [-0.39, 0.29) is 35.4 Å². The molecule has 1 aromatic carbocycles. The summed E-state index contributed by atoms with van der Waals surface area (Å²) in [5, 5.41) is 7.00. The number of aromatic nitrogens is 3. The Morgan fingerprint density at radius 3 is 2.63 bits per heavy atom. The Labute approximate surface area is 173 Å². The Balaban J connectivity index is 1.66. The number of amides is 2. The molecule has 0 atom stereocenters. The third-order valence-corrected chi connectivity index (χ3v) is 4.93. The summed E-state index contributed by atoms with van der Waals surface area (Å²) in [4.78, 5) is 55.1. The largest absolute Gasteiger partial charge is 0.326 e. The molecule has 0 aliphatic rings. The molecule has 0 bridgehead atoms. The molecule has 0 radical (unpaired) electrons. The van der Waals surface area contributed by atoms with Crippen LogP contribution in [0.25, 0.3) is 11.3 Å². The second-order valence-corrected chi connectivity index (χ2v) is 7.33. The number of thiazole rings is 1. The van der Waals surface area contributed by atoms with Gasteiger partial charge in [0.1, 0.15) is 5.82 Å². The average Bonchev–Trinajstić information content (AvgIpc) is 3.08. The molecule has 3 rings (SSSR count). The quantitative estimate of drug-likeness (QED) is 0.474. The van der Waals surface area contributed by atoms with Gasteiger partial charge in [-0.05, 0) is 31.5 Å². The first-order valence-corrected chi connectivity index (χ1v) is 9.76. The number of halogens is 1. The normalized spacial score (nSPS) is 10.6. The minimum absolute atomic E-state index is 0.00461. The molecule has 30 heavy (non-hydrogen) atoms. The van der Waals surface area contributed by atoms with Gasteiger partial charge in [0.25, 0.3) is 5.56 Å². The molecule has 0 spiro atoms. The highest BCUT2D eigenvalue weighted by Gasteiger charge is 2.14. The summed E-state index contributed by atoms with van der Waals surface area (Å²) in [7, 11) is 0. The Kier molecular flexibility index (Phi) is 6.21. The summed E-state index contributed by atoms with van der Waals surface area (Å²) in [6, 6.07) is 4.24. The lowest BCUT2D eigenvalue weighted by Gasteiger charge is -2.05. The Bertz CT molecular complexity index is 1230. The van der Waals surface area contributed by atoms with Crippen molar-refractivity contribution in [3.8, 4) is 11.3 Å². The Hall–Kier alpha value is -3.60. The van der Waals surface area contributed by atoms with Crippen molar-refractivity contribution in [1.29, 1.82) is 0 Å². The number of rotatable bonds is 6. The van der Waals surface area contributed by atoms with Crippen LogP contribution < -0.4 is 21.9 Å². The minimum atomic E-state index is -0.599. The van der Waals surface area contributed by atoms with Gasteiger partial charge in [-0.1, -0.05) is 0 Å². The molecule has 3 aromatic rings. The highest BCUT2D eigenvalue weighted by molar-refractivity contribution is 7.14. The number of nitrogens with zero attached hydrogens (tertiary/aromatic N) is 1. The van der Waals surface area contributed by atoms with Crippen LogP contribution in [0.15, 0.2) is 33.2 Å². The van der Waals surface area contributed by atoms with Crippen LogP contribution in [0, 0.1) is 12.7 Å². The van der Waals surface area contributed by atoms with Gasteiger partial charge in [-0.2, -0.15) is 0 Å². The van der Waals surface area contributed by atoms with Crippen LogP contribution in [-0.4, -0.2) is 26.8 Å². The molecule has 0 saturated carbocycles. The first-order valence-electron chi connectivity index (χ1n) is 8.88. The van der Waals surface area contributed by atoms with Crippen LogP contribution in [0.5, 0.6) is 0 Å². The number of H-pyrrole nitrogens is 2. The number of nitrogens with one attached hydrogen (secondary N) is 4. The first-order chi connectivity index (χ1) is 14.2. The van der Waals surface area contributed by atoms with Crippen molar-refractivity contribution in [2.75, 3.05) is 10.6 Å². The van der Waals surface area contributed by atoms with E-state index in [2.05, 4.69) is 25.6 Å². The molecule has 9 nitrogen and oxygen atoms in total. The molecule has 2 amide bonds. The Morgan fingerprint density at radius 1 is 1.20 bits per heavy atom. The maximum absolute atomic E-state index is 14.3.